The van der Waals surface area contributed by atoms with Crippen molar-refractivity contribution in [1.29, 1.82) is 0 Å². The van der Waals surface area contributed by atoms with Crippen molar-refractivity contribution >= 4 is 12.2 Å². The molecule has 11 heavy (non-hydrogen) atoms. The third-order valence-corrected chi connectivity index (χ3v) is 1.52. The number of hydrogen-bond donors (Lipinski definition) is 1. The zero-order chi connectivity index (χ0) is 8.27. The molecule has 0 fully saturated rings. The lowest BCUT2D eigenvalue weighted by atomic mass is 10.1. The van der Waals surface area contributed by atoms with Gasteiger partial charge in [0.25, 0.3) is 4.84 Å². The molecule has 1 heterocycles. The van der Waals surface area contributed by atoms with Crippen molar-refractivity contribution in [2.75, 3.05) is 0 Å². The van der Waals surface area contributed by atoms with Gasteiger partial charge in [-0.05, 0) is 12.2 Å². The Morgan fingerprint density at radius 1 is 1.91 bits per heavy atom. The van der Waals surface area contributed by atoms with E-state index in [0.717, 1.165) is 0 Å². The highest BCUT2D eigenvalue weighted by Crippen LogP contribution is 2.12. The van der Waals surface area contributed by atoms with E-state index in [0.29, 0.717) is 17.1 Å². The van der Waals surface area contributed by atoms with Crippen molar-refractivity contribution in [3.63, 3.8) is 0 Å². The first-order chi connectivity index (χ1) is 5.24. The summed E-state index contributed by atoms with van der Waals surface area (Å²) < 4.78 is 4.67. The predicted molar refractivity (Wildman–Crippen MR) is 43.6 cm³/mol. The van der Waals surface area contributed by atoms with Crippen molar-refractivity contribution in [2.24, 2.45) is 0 Å². The maximum Gasteiger partial charge on any atom is 0.294 e. The number of rotatable bonds is 2. The van der Waals surface area contributed by atoms with Gasteiger partial charge in [-0.1, -0.05) is 12.1 Å². The summed E-state index contributed by atoms with van der Waals surface area (Å²) in [6.45, 7) is 1.96. The molecular weight excluding hydrogens is 160 g/mol. The van der Waals surface area contributed by atoms with Crippen LogP contribution in [0, 0.1) is 17.2 Å². The molecule has 4 heteroatoms. The maximum absolute atomic E-state index is 5.13. The standard InChI is InChI=1S/C7H8N2OS/c1-3-4-5(2)6-8-7(11)10-9-6/h1,5H,4H2,2H3,(H,8,9,11)/t5-/m0/s1. The Hall–Kier alpha value is -1.08. The van der Waals surface area contributed by atoms with E-state index in [2.05, 4.69) is 20.6 Å². The first-order valence-electron chi connectivity index (χ1n) is 3.23. The van der Waals surface area contributed by atoms with E-state index in [1.807, 2.05) is 6.92 Å². The molecule has 0 bridgehead atoms. The fraction of sp³-hybridized carbons (Fsp3) is 0.429. The Morgan fingerprint density at radius 3 is 3.09 bits per heavy atom. The minimum Gasteiger partial charge on any atom is -0.324 e. The van der Waals surface area contributed by atoms with Crippen LogP contribution in [0.15, 0.2) is 4.52 Å². The Morgan fingerprint density at radius 2 is 2.64 bits per heavy atom. The zero-order valence-electron chi connectivity index (χ0n) is 6.13. The lowest BCUT2D eigenvalue weighted by Crippen LogP contribution is -1.93. The summed E-state index contributed by atoms with van der Waals surface area (Å²) in [6, 6.07) is 0. The smallest absolute Gasteiger partial charge is 0.294 e. The number of nitrogens with zero attached hydrogens (tertiary/aromatic N) is 1. The molecule has 0 radical (unpaired) electrons. The fourth-order valence-electron chi connectivity index (χ4n) is 0.727. The quantitative estimate of drug-likeness (QED) is 0.541. The summed E-state index contributed by atoms with van der Waals surface area (Å²) in [6.07, 6.45) is 5.76. The van der Waals surface area contributed by atoms with Gasteiger partial charge in [0.2, 0.25) is 0 Å². The third-order valence-electron chi connectivity index (χ3n) is 1.35. The molecule has 0 aromatic carbocycles. The topological polar surface area (TPSA) is 41.8 Å². The summed E-state index contributed by atoms with van der Waals surface area (Å²) in [5.74, 6) is 3.44. The van der Waals surface area contributed by atoms with Gasteiger partial charge in [0.1, 0.15) is 0 Å². The highest BCUT2D eigenvalue weighted by molar-refractivity contribution is 7.71. The van der Waals surface area contributed by atoms with Gasteiger partial charge >= 0.3 is 0 Å². The Labute approximate surface area is 69.8 Å². The van der Waals surface area contributed by atoms with Crippen LogP contribution < -0.4 is 0 Å². The maximum atomic E-state index is 5.13. The second-order valence-corrected chi connectivity index (χ2v) is 2.66. The van der Waals surface area contributed by atoms with Gasteiger partial charge in [-0.2, -0.15) is 0 Å². The molecule has 0 unspecified atom stereocenters. The average Bonchev–Trinajstić information content (AvgIpc) is 2.36. The van der Waals surface area contributed by atoms with Crippen LogP contribution in [0.5, 0.6) is 0 Å². The predicted octanol–water partition coefficient (Wildman–Crippen LogP) is 1.86. The van der Waals surface area contributed by atoms with Crippen LogP contribution in [0.3, 0.4) is 0 Å². The lowest BCUT2D eigenvalue weighted by Gasteiger charge is -1.98. The van der Waals surface area contributed by atoms with Gasteiger partial charge in [-0.3, -0.25) is 4.98 Å². The molecule has 1 aromatic rings. The van der Waals surface area contributed by atoms with Crippen LogP contribution in [-0.2, 0) is 0 Å². The molecule has 3 nitrogen and oxygen atoms in total. The van der Waals surface area contributed by atoms with E-state index < -0.39 is 0 Å². The highest BCUT2D eigenvalue weighted by Gasteiger charge is 2.07. The van der Waals surface area contributed by atoms with E-state index in [1.165, 1.54) is 0 Å². The highest BCUT2D eigenvalue weighted by atomic mass is 32.1. The number of H-pyrrole nitrogens is 1. The van der Waals surface area contributed by atoms with Gasteiger partial charge in [0.15, 0.2) is 5.82 Å². The normalized spacial score (nSPS) is 12.4. The Balaban J connectivity index is 2.78. The monoisotopic (exact) mass is 168 g/mol. The van der Waals surface area contributed by atoms with E-state index in [4.69, 9.17) is 18.6 Å². The van der Waals surface area contributed by atoms with Crippen molar-refractivity contribution in [3.8, 4) is 12.3 Å². The van der Waals surface area contributed by atoms with Gasteiger partial charge in [-0.25, -0.2) is 0 Å². The van der Waals surface area contributed by atoms with Gasteiger partial charge in [0.05, 0.1) is 0 Å². The first-order valence-corrected chi connectivity index (χ1v) is 3.64. The molecule has 1 aromatic heterocycles. The van der Waals surface area contributed by atoms with Crippen LogP contribution in [0.25, 0.3) is 0 Å². The average molecular weight is 168 g/mol. The van der Waals surface area contributed by atoms with E-state index in [1.54, 1.807) is 0 Å². The zero-order valence-corrected chi connectivity index (χ0v) is 6.94. The summed E-state index contributed by atoms with van der Waals surface area (Å²) in [4.78, 5) is 3.10. The molecule has 0 aliphatic rings. The summed E-state index contributed by atoms with van der Waals surface area (Å²) in [5.41, 5.74) is 0. The molecule has 1 N–H and O–H groups in total. The van der Waals surface area contributed by atoms with Crippen molar-refractivity contribution in [1.82, 2.24) is 10.1 Å². The second kappa shape index (κ2) is 3.35. The van der Waals surface area contributed by atoms with Crippen molar-refractivity contribution in [2.45, 2.75) is 19.3 Å². The second-order valence-electron chi connectivity index (χ2n) is 2.29. The lowest BCUT2D eigenvalue weighted by molar-refractivity contribution is 0.395. The minimum atomic E-state index is 0.181. The fourth-order valence-corrected chi connectivity index (χ4v) is 0.869. The molecule has 0 amide bonds. The molecular formula is C7H8N2OS. The van der Waals surface area contributed by atoms with Crippen LogP contribution >= 0.6 is 12.2 Å². The van der Waals surface area contributed by atoms with E-state index in [-0.39, 0.29) is 5.92 Å². The molecule has 0 spiro atoms. The van der Waals surface area contributed by atoms with Crippen molar-refractivity contribution < 1.29 is 4.52 Å². The number of nitrogens with one attached hydrogen (secondary N) is 1. The van der Waals surface area contributed by atoms with Gasteiger partial charge in [0, 0.05) is 12.3 Å². The van der Waals surface area contributed by atoms with Crippen molar-refractivity contribution in [3.05, 3.63) is 10.7 Å². The van der Waals surface area contributed by atoms with Crippen LogP contribution in [0.2, 0.25) is 0 Å². The summed E-state index contributed by atoms with van der Waals surface area (Å²) in [5, 5.41) is 3.70. The number of hydrogen-bond acceptors (Lipinski definition) is 3. The van der Waals surface area contributed by atoms with Crippen LogP contribution in [0.1, 0.15) is 25.1 Å². The van der Waals surface area contributed by atoms with Crippen LogP contribution in [0.4, 0.5) is 0 Å². The number of aromatic nitrogens is 2. The van der Waals surface area contributed by atoms with Crippen LogP contribution in [-0.4, -0.2) is 10.1 Å². The molecule has 0 aliphatic heterocycles. The molecule has 1 rings (SSSR count). The molecule has 0 saturated heterocycles. The van der Waals surface area contributed by atoms with Gasteiger partial charge in [-0.15, -0.1) is 12.3 Å². The van der Waals surface area contributed by atoms with E-state index in [9.17, 15) is 0 Å². The third kappa shape index (κ3) is 1.92. The van der Waals surface area contributed by atoms with E-state index >= 15 is 0 Å². The Kier molecular flexibility index (Phi) is 2.44. The minimum absolute atomic E-state index is 0.181. The summed E-state index contributed by atoms with van der Waals surface area (Å²) >= 11 is 4.70. The summed E-state index contributed by atoms with van der Waals surface area (Å²) in [7, 11) is 0. The number of terminal acetylenes is 1. The largest absolute Gasteiger partial charge is 0.324 e. The Bertz CT molecular complexity index is 320. The first kappa shape index (κ1) is 8.02. The molecule has 0 aliphatic carbocycles. The molecule has 1 atom stereocenters. The van der Waals surface area contributed by atoms with Gasteiger partial charge < -0.3 is 4.52 Å². The molecule has 58 valence electrons. The number of aromatic amines is 1. The molecule has 0 saturated carbocycles. The SMILES string of the molecule is C#CC[C@H](C)c1noc(=S)[nH]1.